The summed E-state index contributed by atoms with van der Waals surface area (Å²) in [6.07, 6.45) is 0. The van der Waals surface area contributed by atoms with E-state index in [4.69, 9.17) is 9.79 Å². The summed E-state index contributed by atoms with van der Waals surface area (Å²) >= 11 is 9.21. The van der Waals surface area contributed by atoms with Crippen molar-refractivity contribution in [2.45, 2.75) is 3.82 Å². The minimum Gasteiger partial charge on any atom is -0.808 e. The first kappa shape index (κ1) is 16.3. The molecule has 2 N–H and O–H groups in total. The molecule has 0 aliphatic rings. The average Bonchev–Trinajstić information content (AvgIpc) is 1.58. The first-order chi connectivity index (χ1) is 4.50. The van der Waals surface area contributed by atoms with Gasteiger partial charge in [-0.3, -0.25) is 4.57 Å². The summed E-state index contributed by atoms with van der Waals surface area (Å²) in [6, 6.07) is 0. The van der Waals surface area contributed by atoms with Crippen LogP contribution in [0.1, 0.15) is 0 Å². The summed E-state index contributed by atoms with van der Waals surface area (Å²) in [7, 11) is -11.1. The van der Waals surface area contributed by atoms with Gasteiger partial charge in [-0.25, -0.2) is 0 Å². The zero-order valence-electron chi connectivity index (χ0n) is 5.68. The first-order valence-electron chi connectivity index (χ1n) is 1.96. The van der Waals surface area contributed by atoms with Gasteiger partial charge in [0, 0.05) is 0 Å². The Balaban J connectivity index is 0. The van der Waals surface area contributed by atoms with Crippen LogP contribution in [-0.2, 0) is 9.13 Å². The third-order valence-electron chi connectivity index (χ3n) is 0.680. The zero-order valence-corrected chi connectivity index (χ0v) is 11.0. The van der Waals surface area contributed by atoms with Crippen molar-refractivity contribution in [3.8, 4) is 0 Å². The Kier molecular flexibility index (Phi) is 6.25. The van der Waals surface area contributed by atoms with Crippen molar-refractivity contribution in [2.24, 2.45) is 0 Å². The molecule has 6 nitrogen and oxygen atoms in total. The van der Waals surface area contributed by atoms with E-state index in [0.29, 0.717) is 0 Å². The predicted octanol–water partition coefficient (Wildman–Crippen LogP) is -3.83. The van der Waals surface area contributed by atoms with Crippen LogP contribution in [0.3, 0.4) is 0 Å². The molecule has 0 aliphatic carbocycles. The first-order valence-corrected chi connectivity index (χ1v) is 5.87. The minimum absolute atomic E-state index is 0. The van der Waals surface area contributed by atoms with Gasteiger partial charge in [-0.05, 0) is 7.60 Å². The maximum absolute atomic E-state index is 10.2. The molecule has 0 aliphatic heterocycles. The van der Waals surface area contributed by atoms with Crippen LogP contribution in [-0.4, -0.2) is 13.6 Å². The summed E-state index contributed by atoms with van der Waals surface area (Å²) in [5.41, 5.74) is 0. The van der Waals surface area contributed by atoms with Crippen LogP contribution < -0.4 is 39.3 Å². The van der Waals surface area contributed by atoms with Crippen molar-refractivity contribution < 1.29 is 58.3 Å². The molecule has 0 fully saturated rings. The summed E-state index contributed by atoms with van der Waals surface area (Å²) in [5, 5.41) is 0. The van der Waals surface area contributed by atoms with Crippen molar-refractivity contribution in [2.75, 3.05) is 0 Å². The SMILES string of the molecule is O=P([O-])([O-])C(Cl)(Cl)P(=O)(O)O.[Na+]. The Bertz CT molecular complexity index is 216. The molecular formula is CH2Cl2NaO6P2-. The van der Waals surface area contributed by atoms with E-state index in [-0.39, 0.29) is 29.6 Å². The predicted molar refractivity (Wildman–Crippen MR) is 34.1 cm³/mol. The molecule has 0 spiro atoms. The average molecular weight is 266 g/mol. The van der Waals surface area contributed by atoms with E-state index in [1.54, 1.807) is 0 Å². The molecule has 12 heavy (non-hydrogen) atoms. The van der Waals surface area contributed by atoms with E-state index in [1.807, 2.05) is 0 Å². The maximum Gasteiger partial charge on any atom is 1.00 e. The van der Waals surface area contributed by atoms with Crippen molar-refractivity contribution in [3.05, 3.63) is 0 Å². The van der Waals surface area contributed by atoms with Gasteiger partial charge in [0.2, 0.25) is 3.82 Å². The quantitative estimate of drug-likeness (QED) is 0.300. The van der Waals surface area contributed by atoms with Gasteiger partial charge in [-0.15, -0.1) is 0 Å². The number of hydrogen-bond donors (Lipinski definition) is 2. The van der Waals surface area contributed by atoms with E-state index < -0.39 is 19.0 Å². The summed E-state index contributed by atoms with van der Waals surface area (Å²) < 4.78 is 16.6. The Morgan fingerprint density at radius 2 is 1.42 bits per heavy atom. The largest absolute Gasteiger partial charge is 1.00 e. The molecule has 0 radical (unpaired) electrons. The van der Waals surface area contributed by atoms with Gasteiger partial charge in [0.25, 0.3) is 0 Å². The molecule has 0 saturated heterocycles. The number of rotatable bonds is 2. The third-order valence-corrected chi connectivity index (χ3v) is 6.12. The van der Waals surface area contributed by atoms with Crippen LogP contribution >= 0.6 is 38.4 Å². The van der Waals surface area contributed by atoms with Crippen molar-refractivity contribution in [1.82, 2.24) is 0 Å². The molecule has 0 aromatic carbocycles. The fourth-order valence-corrected chi connectivity index (χ4v) is 1.44. The number of alkyl halides is 2. The van der Waals surface area contributed by atoms with Gasteiger partial charge in [-0.1, -0.05) is 23.2 Å². The molecular weight excluding hydrogens is 264 g/mol. The molecule has 0 saturated carbocycles. The van der Waals surface area contributed by atoms with E-state index in [2.05, 4.69) is 23.2 Å². The van der Waals surface area contributed by atoms with E-state index >= 15 is 0 Å². The molecule has 68 valence electrons. The molecule has 11 heteroatoms. The fourth-order valence-electron chi connectivity index (χ4n) is 0.160. The molecule has 0 rings (SSSR count). The second kappa shape index (κ2) is 4.60. The molecule has 0 aromatic rings. The van der Waals surface area contributed by atoms with Gasteiger partial charge >= 0.3 is 37.2 Å². The molecule has 0 unspecified atom stereocenters. The van der Waals surface area contributed by atoms with Gasteiger partial charge < -0.3 is 24.1 Å². The van der Waals surface area contributed by atoms with Crippen LogP contribution in [0.5, 0.6) is 0 Å². The summed E-state index contributed by atoms with van der Waals surface area (Å²) in [4.78, 5) is 36.3. The molecule has 0 aromatic heterocycles. The Morgan fingerprint density at radius 1 is 1.17 bits per heavy atom. The third kappa shape index (κ3) is 3.56. The Hall–Kier alpha value is 1.88. The monoisotopic (exact) mass is 265 g/mol. The van der Waals surface area contributed by atoms with Crippen molar-refractivity contribution >= 4 is 38.4 Å². The van der Waals surface area contributed by atoms with Crippen LogP contribution in [0.25, 0.3) is 0 Å². The summed E-state index contributed by atoms with van der Waals surface area (Å²) in [6.45, 7) is 0. The topological polar surface area (TPSA) is 121 Å². The van der Waals surface area contributed by atoms with E-state index in [9.17, 15) is 18.9 Å². The van der Waals surface area contributed by atoms with Gasteiger partial charge in [0.1, 0.15) is 0 Å². The van der Waals surface area contributed by atoms with Gasteiger partial charge in [-0.2, -0.15) is 0 Å². The number of halogens is 2. The van der Waals surface area contributed by atoms with Crippen LogP contribution in [0.15, 0.2) is 0 Å². The standard InChI is InChI=1S/CH4Cl2O6P2.Na/c2-1(3,10(4,5)6)11(7,8)9;/h(H2,4,5,6)(H2,7,8,9);/q;+1/p-2. The van der Waals surface area contributed by atoms with Gasteiger partial charge in [0.05, 0.1) is 0 Å². The summed E-state index contributed by atoms with van der Waals surface area (Å²) in [5.74, 6) is 0. The molecule has 0 atom stereocenters. The molecule has 0 bridgehead atoms. The zero-order chi connectivity index (χ0) is 9.50. The fraction of sp³-hybridized carbons (Fsp3) is 1.00. The second-order valence-corrected chi connectivity index (χ2v) is 7.71. The van der Waals surface area contributed by atoms with E-state index in [1.165, 1.54) is 0 Å². The van der Waals surface area contributed by atoms with Crippen LogP contribution in [0.2, 0.25) is 0 Å². The van der Waals surface area contributed by atoms with Crippen LogP contribution in [0.4, 0.5) is 0 Å². The van der Waals surface area contributed by atoms with Crippen LogP contribution in [0, 0.1) is 0 Å². The minimum atomic E-state index is -5.72. The number of hydrogen-bond acceptors (Lipinski definition) is 4. The van der Waals surface area contributed by atoms with Crippen molar-refractivity contribution in [3.63, 3.8) is 0 Å². The normalized spacial score (nSPS) is 13.8. The Labute approximate surface area is 99.9 Å². The van der Waals surface area contributed by atoms with E-state index in [0.717, 1.165) is 0 Å². The maximum atomic E-state index is 10.2. The van der Waals surface area contributed by atoms with Gasteiger partial charge in [0.15, 0.2) is 0 Å². The smallest absolute Gasteiger partial charge is 0.808 e. The second-order valence-electron chi connectivity index (χ2n) is 1.55. The molecule has 0 heterocycles. The van der Waals surface area contributed by atoms with Crippen molar-refractivity contribution in [1.29, 1.82) is 0 Å². The molecule has 0 amide bonds. The Morgan fingerprint density at radius 3 is 1.42 bits per heavy atom.